The first-order valence-corrected chi connectivity index (χ1v) is 5.30. The molecule has 0 spiro atoms. The zero-order chi connectivity index (χ0) is 10.2. The van der Waals surface area contributed by atoms with E-state index in [2.05, 4.69) is 43.3 Å². The van der Waals surface area contributed by atoms with Gasteiger partial charge in [0.2, 0.25) is 0 Å². The van der Waals surface area contributed by atoms with Crippen molar-refractivity contribution in [2.75, 3.05) is 0 Å². The molecule has 2 rings (SSSR count). The summed E-state index contributed by atoms with van der Waals surface area (Å²) in [4.78, 5) is 0. The summed E-state index contributed by atoms with van der Waals surface area (Å²) in [6, 6.07) is 10.9. The lowest BCUT2D eigenvalue weighted by Gasteiger charge is -1.88. The molecule has 1 heteroatoms. The third-order valence-corrected chi connectivity index (χ3v) is 1.97. The van der Waals surface area contributed by atoms with E-state index in [-0.39, 0.29) is 0 Å². The van der Waals surface area contributed by atoms with Gasteiger partial charge in [0.05, 0.1) is 0 Å². The van der Waals surface area contributed by atoms with Crippen molar-refractivity contribution in [1.29, 1.82) is 0 Å². The molecular weight excluding hydrogens is 170 g/mol. The van der Waals surface area contributed by atoms with E-state index in [1.54, 1.807) is 0 Å². The highest BCUT2D eigenvalue weighted by Gasteiger charge is 2.13. The highest BCUT2D eigenvalue weighted by Crippen LogP contribution is 2.13. The van der Waals surface area contributed by atoms with Gasteiger partial charge in [0.1, 0.15) is 0 Å². The predicted molar refractivity (Wildman–Crippen MR) is 63.0 cm³/mol. The van der Waals surface area contributed by atoms with Crippen LogP contribution in [0.1, 0.15) is 31.7 Å². The summed E-state index contributed by atoms with van der Waals surface area (Å²) < 4.78 is 0. The van der Waals surface area contributed by atoms with Gasteiger partial charge in [0.25, 0.3) is 0 Å². The molecule has 2 N–H and O–H groups in total. The molecule has 0 heterocycles. The molecule has 0 radical (unpaired) electrons. The van der Waals surface area contributed by atoms with E-state index in [1.807, 2.05) is 6.07 Å². The molecule has 76 valence electrons. The Morgan fingerprint density at radius 3 is 2.29 bits per heavy atom. The lowest BCUT2D eigenvalue weighted by Crippen LogP contribution is -1.94. The number of hydrogen-bond donors (Lipinski definition) is 1. The van der Waals surface area contributed by atoms with Crippen LogP contribution in [-0.2, 0) is 0 Å². The highest BCUT2D eigenvalue weighted by molar-refractivity contribution is 5.48. The molecule has 0 aliphatic heterocycles. The number of benzene rings is 1. The van der Waals surface area contributed by atoms with Crippen LogP contribution in [0.5, 0.6) is 0 Å². The van der Waals surface area contributed by atoms with Crippen LogP contribution in [0.4, 0.5) is 0 Å². The Balaban J connectivity index is 0.000000203. The van der Waals surface area contributed by atoms with Crippen LogP contribution >= 0.6 is 0 Å². The largest absolute Gasteiger partial charge is 0.328 e. The summed E-state index contributed by atoms with van der Waals surface area (Å²) in [6.45, 7) is 2.14. The molecule has 0 saturated heterocycles. The first-order chi connectivity index (χ1) is 6.83. The third kappa shape index (κ3) is 5.55. The lowest BCUT2D eigenvalue weighted by molar-refractivity contribution is 1.07. The van der Waals surface area contributed by atoms with Gasteiger partial charge in [-0.1, -0.05) is 49.4 Å². The second-order valence-electron chi connectivity index (χ2n) is 3.56. The molecule has 1 aromatic rings. The van der Waals surface area contributed by atoms with Gasteiger partial charge in [0, 0.05) is 6.04 Å². The minimum absolute atomic E-state index is 0.583. The van der Waals surface area contributed by atoms with Gasteiger partial charge in [-0.2, -0.15) is 0 Å². The Hall–Kier alpha value is -1.08. The normalized spacial score (nSPS) is 15.0. The van der Waals surface area contributed by atoms with Crippen LogP contribution in [-0.4, -0.2) is 6.04 Å². The van der Waals surface area contributed by atoms with Crippen molar-refractivity contribution in [3.05, 3.63) is 42.0 Å². The molecule has 0 aromatic heterocycles. The standard InChI is InChI=1S/C10H12.C3H7N/c1-2-3-7-10-8-5-4-6-9-10;4-3-1-2-3/h3-9H,2H2,1H3;3H,1-2,4H2/b7-3-;. The topological polar surface area (TPSA) is 26.0 Å². The average Bonchev–Trinajstić information content (AvgIpc) is 3.00. The molecule has 1 aliphatic rings. The fourth-order valence-corrected chi connectivity index (χ4v) is 0.914. The summed E-state index contributed by atoms with van der Waals surface area (Å²) in [5.74, 6) is 0. The van der Waals surface area contributed by atoms with Crippen molar-refractivity contribution in [2.45, 2.75) is 32.2 Å². The molecular formula is C13H19N. The van der Waals surface area contributed by atoms with Gasteiger partial charge in [-0.05, 0) is 24.8 Å². The number of nitrogens with two attached hydrogens (primary N) is 1. The summed E-state index contributed by atoms with van der Waals surface area (Å²) >= 11 is 0. The second kappa shape index (κ2) is 6.39. The number of allylic oxidation sites excluding steroid dienone is 1. The average molecular weight is 189 g/mol. The van der Waals surface area contributed by atoms with Crippen molar-refractivity contribution in [3.8, 4) is 0 Å². The van der Waals surface area contributed by atoms with Crippen molar-refractivity contribution < 1.29 is 0 Å². The number of hydrogen-bond acceptors (Lipinski definition) is 1. The SMILES string of the molecule is CC/C=C\c1ccccc1.NC1CC1. The monoisotopic (exact) mass is 189 g/mol. The Bertz CT molecular complexity index is 260. The van der Waals surface area contributed by atoms with Gasteiger partial charge in [-0.15, -0.1) is 0 Å². The van der Waals surface area contributed by atoms with Crippen LogP contribution in [0.25, 0.3) is 6.08 Å². The van der Waals surface area contributed by atoms with Gasteiger partial charge < -0.3 is 5.73 Å². The molecule has 1 nitrogen and oxygen atoms in total. The van der Waals surface area contributed by atoms with Crippen LogP contribution in [0.2, 0.25) is 0 Å². The van der Waals surface area contributed by atoms with Crippen LogP contribution < -0.4 is 5.73 Å². The summed E-state index contributed by atoms with van der Waals surface area (Å²) in [5, 5.41) is 0. The zero-order valence-corrected chi connectivity index (χ0v) is 8.82. The van der Waals surface area contributed by atoms with Crippen molar-refractivity contribution in [2.24, 2.45) is 5.73 Å². The molecule has 14 heavy (non-hydrogen) atoms. The maximum absolute atomic E-state index is 5.22. The van der Waals surface area contributed by atoms with E-state index in [1.165, 1.54) is 18.4 Å². The maximum atomic E-state index is 5.22. The zero-order valence-electron chi connectivity index (χ0n) is 8.82. The predicted octanol–water partition coefficient (Wildman–Crippen LogP) is 3.22. The molecule has 1 fully saturated rings. The van der Waals surface area contributed by atoms with Crippen molar-refractivity contribution in [1.82, 2.24) is 0 Å². The Morgan fingerprint density at radius 2 is 1.86 bits per heavy atom. The van der Waals surface area contributed by atoms with Crippen molar-refractivity contribution >= 4 is 6.08 Å². The van der Waals surface area contributed by atoms with Gasteiger partial charge in [0.15, 0.2) is 0 Å². The minimum Gasteiger partial charge on any atom is -0.328 e. The second-order valence-corrected chi connectivity index (χ2v) is 3.56. The molecule has 0 unspecified atom stereocenters. The first-order valence-electron chi connectivity index (χ1n) is 5.30. The molecule has 0 bridgehead atoms. The highest BCUT2D eigenvalue weighted by atomic mass is 14.7. The summed E-state index contributed by atoms with van der Waals surface area (Å²) in [7, 11) is 0. The maximum Gasteiger partial charge on any atom is 0.00399 e. The van der Waals surface area contributed by atoms with E-state index >= 15 is 0 Å². The Morgan fingerprint density at radius 1 is 1.29 bits per heavy atom. The molecule has 0 amide bonds. The van der Waals surface area contributed by atoms with Gasteiger partial charge >= 0.3 is 0 Å². The summed E-state index contributed by atoms with van der Waals surface area (Å²) in [5.41, 5.74) is 6.50. The van der Waals surface area contributed by atoms with E-state index in [9.17, 15) is 0 Å². The third-order valence-electron chi connectivity index (χ3n) is 1.97. The van der Waals surface area contributed by atoms with E-state index in [4.69, 9.17) is 5.73 Å². The van der Waals surface area contributed by atoms with Crippen LogP contribution in [0, 0.1) is 0 Å². The van der Waals surface area contributed by atoms with Crippen LogP contribution in [0.15, 0.2) is 36.4 Å². The van der Waals surface area contributed by atoms with Crippen molar-refractivity contribution in [3.63, 3.8) is 0 Å². The minimum atomic E-state index is 0.583. The molecule has 1 saturated carbocycles. The molecule has 1 aromatic carbocycles. The molecule has 1 aliphatic carbocycles. The fraction of sp³-hybridized carbons (Fsp3) is 0.385. The molecule has 0 atom stereocenters. The van der Waals surface area contributed by atoms with E-state index < -0.39 is 0 Å². The van der Waals surface area contributed by atoms with Gasteiger partial charge in [-0.3, -0.25) is 0 Å². The number of rotatable bonds is 2. The van der Waals surface area contributed by atoms with Crippen LogP contribution in [0.3, 0.4) is 0 Å². The quantitative estimate of drug-likeness (QED) is 0.759. The van der Waals surface area contributed by atoms with E-state index in [0.717, 1.165) is 6.42 Å². The van der Waals surface area contributed by atoms with Gasteiger partial charge in [-0.25, -0.2) is 0 Å². The van der Waals surface area contributed by atoms with E-state index in [0.29, 0.717) is 6.04 Å². The Kier molecular flexibility index (Phi) is 5.02. The first kappa shape index (κ1) is 11.0. The summed E-state index contributed by atoms with van der Waals surface area (Å²) in [6.07, 6.45) is 7.93. The Labute approximate surface area is 86.6 Å². The fourth-order valence-electron chi connectivity index (χ4n) is 0.914. The smallest absolute Gasteiger partial charge is 0.00399 e. The lowest BCUT2D eigenvalue weighted by atomic mass is 10.2.